The third-order valence-corrected chi connectivity index (χ3v) is 2.57. The molecule has 0 rings (SSSR count). The molecule has 0 fully saturated rings. The number of ketones is 1. The molecule has 0 radical (unpaired) electrons. The Kier molecular flexibility index (Phi) is 6.16. The van der Waals surface area contributed by atoms with Gasteiger partial charge in [-0.15, -0.1) is 0 Å². The average Bonchev–Trinajstić information content (AvgIpc) is 2.16. The molecule has 1 N–H and O–H groups in total. The Labute approximate surface area is 92.6 Å². The van der Waals surface area contributed by atoms with Gasteiger partial charge in [-0.2, -0.15) is 5.26 Å². The summed E-state index contributed by atoms with van der Waals surface area (Å²) >= 11 is 1.05. The molecule has 0 aromatic rings. The van der Waals surface area contributed by atoms with Gasteiger partial charge in [-0.25, -0.2) is 6.57 Å². The van der Waals surface area contributed by atoms with Crippen LogP contribution in [-0.2, 0) is 9.59 Å². The van der Waals surface area contributed by atoms with Crippen molar-refractivity contribution in [2.24, 2.45) is 0 Å². The maximum atomic E-state index is 11.1. The van der Waals surface area contributed by atoms with Crippen molar-refractivity contribution in [1.29, 1.82) is 5.26 Å². The first-order chi connectivity index (χ1) is 7.01. The minimum atomic E-state index is -0.819. The summed E-state index contributed by atoms with van der Waals surface area (Å²) in [5, 5.41) is 10.1. The van der Waals surface area contributed by atoms with Crippen LogP contribution in [0, 0.1) is 17.9 Å². The van der Waals surface area contributed by atoms with Gasteiger partial charge >= 0.3 is 5.37 Å². The van der Waals surface area contributed by atoms with E-state index in [9.17, 15) is 9.59 Å². The second-order valence-electron chi connectivity index (χ2n) is 2.81. The van der Waals surface area contributed by atoms with Gasteiger partial charge in [-0.1, -0.05) is 11.8 Å². The minimum Gasteiger partial charge on any atom is -0.346 e. The number of nitriles is 1. The molecule has 0 heterocycles. The molecule has 0 bridgehead atoms. The van der Waals surface area contributed by atoms with Crippen molar-refractivity contribution in [3.63, 3.8) is 0 Å². The van der Waals surface area contributed by atoms with E-state index in [0.717, 1.165) is 11.8 Å². The number of hydrogen-bond acceptors (Lipinski definition) is 4. The molecule has 0 aliphatic rings. The molecule has 0 spiro atoms. The van der Waals surface area contributed by atoms with Crippen LogP contribution in [0.3, 0.4) is 0 Å². The molecular weight excluding hydrogens is 214 g/mol. The third kappa shape index (κ3) is 5.71. The molecule has 1 amide bonds. The first-order valence-corrected chi connectivity index (χ1v) is 5.21. The van der Waals surface area contributed by atoms with E-state index < -0.39 is 11.4 Å². The predicted molar refractivity (Wildman–Crippen MR) is 56.7 cm³/mol. The van der Waals surface area contributed by atoms with Crippen LogP contribution >= 0.6 is 11.8 Å². The highest BCUT2D eigenvalue weighted by atomic mass is 32.2. The molecule has 6 heteroatoms. The first kappa shape index (κ1) is 13.5. The fourth-order valence-corrected chi connectivity index (χ4v) is 1.64. The molecule has 80 valence electrons. The van der Waals surface area contributed by atoms with Gasteiger partial charge in [-0.05, 0) is 6.92 Å². The monoisotopic (exact) mass is 225 g/mol. The summed E-state index contributed by atoms with van der Waals surface area (Å²) in [5.74, 6) is -0.235. The van der Waals surface area contributed by atoms with Crippen LogP contribution in [0.1, 0.15) is 13.8 Å². The standard InChI is InChI=1S/C9H11N3O2S/c1-6(13)8(12-7(2)14)5-15-9(4-10)11-3/h8-9H,5H2,1-2H3,(H,12,14)/t8-,9?/m1/s1. The largest absolute Gasteiger partial charge is 0.353 e. The summed E-state index contributed by atoms with van der Waals surface area (Å²) < 4.78 is 0. The number of nitrogens with zero attached hydrogens (tertiary/aromatic N) is 2. The summed E-state index contributed by atoms with van der Waals surface area (Å²) in [7, 11) is 0. The molecule has 2 atom stereocenters. The van der Waals surface area contributed by atoms with Crippen LogP contribution in [0.15, 0.2) is 0 Å². The summed E-state index contributed by atoms with van der Waals surface area (Å²) in [6.07, 6.45) is 0. The van der Waals surface area contributed by atoms with Crippen molar-refractivity contribution in [2.75, 3.05) is 5.75 Å². The molecule has 0 aliphatic carbocycles. The lowest BCUT2D eigenvalue weighted by Crippen LogP contribution is -2.40. The van der Waals surface area contributed by atoms with Crippen molar-refractivity contribution >= 4 is 23.5 Å². The third-order valence-electron chi connectivity index (χ3n) is 1.52. The van der Waals surface area contributed by atoms with Crippen LogP contribution in [0.2, 0.25) is 0 Å². The fraction of sp³-hybridized carbons (Fsp3) is 0.556. The lowest BCUT2D eigenvalue weighted by Gasteiger charge is -2.12. The second kappa shape index (κ2) is 6.86. The van der Waals surface area contributed by atoms with Gasteiger partial charge in [0.2, 0.25) is 5.91 Å². The molecule has 5 nitrogen and oxygen atoms in total. The van der Waals surface area contributed by atoms with Gasteiger partial charge in [0.1, 0.15) is 0 Å². The Bertz CT molecular complexity index is 315. The van der Waals surface area contributed by atoms with Crippen LogP contribution in [0.4, 0.5) is 0 Å². The summed E-state index contributed by atoms with van der Waals surface area (Å²) in [5.41, 5.74) is 0. The number of Topliss-reactive ketones (excluding diaryl/α,β-unsaturated/α-hetero) is 1. The van der Waals surface area contributed by atoms with E-state index in [4.69, 9.17) is 11.8 Å². The van der Waals surface area contributed by atoms with Crippen molar-refractivity contribution in [1.82, 2.24) is 5.32 Å². The zero-order valence-electron chi connectivity index (χ0n) is 8.48. The number of hydrogen-bond donors (Lipinski definition) is 1. The first-order valence-electron chi connectivity index (χ1n) is 4.16. The zero-order chi connectivity index (χ0) is 11.8. The highest BCUT2D eigenvalue weighted by Gasteiger charge is 2.20. The number of amides is 1. The average molecular weight is 225 g/mol. The van der Waals surface area contributed by atoms with Crippen molar-refractivity contribution in [3.8, 4) is 6.07 Å². The molecule has 0 aromatic heterocycles. The summed E-state index contributed by atoms with van der Waals surface area (Å²) in [6, 6.07) is 1.16. The van der Waals surface area contributed by atoms with E-state index in [2.05, 4.69) is 10.2 Å². The molecule has 0 aliphatic heterocycles. The highest BCUT2D eigenvalue weighted by molar-refractivity contribution is 8.00. The Morgan fingerprint density at radius 1 is 1.60 bits per heavy atom. The lowest BCUT2D eigenvalue weighted by atomic mass is 10.2. The highest BCUT2D eigenvalue weighted by Crippen LogP contribution is 2.13. The Morgan fingerprint density at radius 3 is 2.53 bits per heavy atom. The van der Waals surface area contributed by atoms with Crippen molar-refractivity contribution in [2.45, 2.75) is 25.3 Å². The van der Waals surface area contributed by atoms with E-state index in [1.165, 1.54) is 13.8 Å². The zero-order valence-corrected chi connectivity index (χ0v) is 9.30. The molecular formula is C9H11N3O2S. The number of rotatable bonds is 5. The van der Waals surface area contributed by atoms with Gasteiger partial charge in [0.15, 0.2) is 11.9 Å². The topological polar surface area (TPSA) is 74.3 Å². The normalized spacial score (nSPS) is 13.1. The number of nitrogens with one attached hydrogen (secondary N) is 1. The maximum absolute atomic E-state index is 11.1. The smallest absolute Gasteiger partial charge is 0.346 e. The van der Waals surface area contributed by atoms with E-state index in [1.54, 1.807) is 6.07 Å². The van der Waals surface area contributed by atoms with Crippen LogP contribution in [0.25, 0.3) is 4.85 Å². The quantitative estimate of drug-likeness (QED) is 0.695. The van der Waals surface area contributed by atoms with Gasteiger partial charge < -0.3 is 5.32 Å². The van der Waals surface area contributed by atoms with Gasteiger partial charge in [0, 0.05) is 12.7 Å². The minimum absolute atomic E-state index is 0.181. The fourth-order valence-electron chi connectivity index (χ4n) is 0.797. The molecule has 0 aromatic carbocycles. The number of carbonyl (C=O) groups excluding carboxylic acids is 2. The second-order valence-corrected chi connectivity index (χ2v) is 3.92. The molecule has 15 heavy (non-hydrogen) atoms. The van der Waals surface area contributed by atoms with Crippen molar-refractivity contribution in [3.05, 3.63) is 11.4 Å². The van der Waals surface area contributed by atoms with Gasteiger partial charge in [0.25, 0.3) is 0 Å². The van der Waals surface area contributed by atoms with E-state index in [0.29, 0.717) is 0 Å². The van der Waals surface area contributed by atoms with Gasteiger partial charge in [-0.3, -0.25) is 14.4 Å². The molecule has 0 saturated carbocycles. The Hall–Kier alpha value is -1.53. The summed E-state index contributed by atoms with van der Waals surface area (Å²) in [6.45, 7) is 9.34. The maximum Gasteiger partial charge on any atom is 0.353 e. The Balaban J connectivity index is 4.21. The van der Waals surface area contributed by atoms with E-state index in [1.807, 2.05) is 0 Å². The van der Waals surface area contributed by atoms with E-state index >= 15 is 0 Å². The van der Waals surface area contributed by atoms with Crippen LogP contribution < -0.4 is 5.32 Å². The molecule has 1 unspecified atom stereocenters. The Morgan fingerprint density at radius 2 is 2.20 bits per heavy atom. The predicted octanol–water partition coefficient (Wildman–Crippen LogP) is 0.582. The number of carbonyl (C=O) groups is 2. The SMILES string of the molecule is [C-]#[N+]C(C#N)SC[C@@H](NC(C)=O)C(C)=O. The van der Waals surface area contributed by atoms with Crippen LogP contribution in [-0.4, -0.2) is 28.9 Å². The lowest BCUT2D eigenvalue weighted by molar-refractivity contribution is -0.125. The molecule has 0 saturated heterocycles. The van der Waals surface area contributed by atoms with Crippen LogP contribution in [0.5, 0.6) is 0 Å². The summed E-state index contributed by atoms with van der Waals surface area (Å²) in [4.78, 5) is 24.9. The van der Waals surface area contributed by atoms with Crippen molar-refractivity contribution < 1.29 is 9.59 Å². The number of thioether (sulfide) groups is 1. The van der Waals surface area contributed by atoms with Gasteiger partial charge in [0.05, 0.1) is 6.04 Å². The van der Waals surface area contributed by atoms with E-state index in [-0.39, 0.29) is 17.4 Å².